The Kier molecular flexibility index (Phi) is 6.35. The molecule has 0 radical (unpaired) electrons. The van der Waals surface area contributed by atoms with Gasteiger partial charge in [0.15, 0.2) is 11.5 Å². The van der Waals surface area contributed by atoms with E-state index in [-0.39, 0.29) is 28.7 Å². The van der Waals surface area contributed by atoms with Crippen LogP contribution in [0.3, 0.4) is 0 Å². The van der Waals surface area contributed by atoms with Crippen LogP contribution in [-0.2, 0) is 16.4 Å². The molecule has 1 N–H and O–H groups in total. The third-order valence-electron chi connectivity index (χ3n) is 4.33. The quantitative estimate of drug-likeness (QED) is 0.682. The number of hydrogen-bond acceptors (Lipinski definition) is 4. The van der Waals surface area contributed by atoms with Gasteiger partial charge < -0.3 is 9.47 Å². The van der Waals surface area contributed by atoms with Crippen LogP contribution >= 0.6 is 23.2 Å². The molecule has 0 aromatic heterocycles. The first-order chi connectivity index (χ1) is 13.6. The number of para-hydroxylation sites is 1. The molecule has 29 heavy (non-hydrogen) atoms. The van der Waals surface area contributed by atoms with E-state index in [4.69, 9.17) is 32.7 Å². The minimum atomic E-state index is -3.79. The van der Waals surface area contributed by atoms with E-state index in [1.807, 2.05) is 32.0 Å². The van der Waals surface area contributed by atoms with E-state index in [0.29, 0.717) is 16.3 Å². The third kappa shape index (κ3) is 5.18. The van der Waals surface area contributed by atoms with Crippen LogP contribution in [0.4, 0.5) is 0 Å². The van der Waals surface area contributed by atoms with Crippen molar-refractivity contribution in [3.8, 4) is 23.3 Å². The van der Waals surface area contributed by atoms with E-state index in [9.17, 15) is 8.42 Å². The van der Waals surface area contributed by atoms with E-state index in [1.54, 1.807) is 6.92 Å². The van der Waals surface area contributed by atoms with Crippen LogP contribution in [0.5, 0.6) is 11.5 Å². The predicted molar refractivity (Wildman–Crippen MR) is 115 cm³/mol. The highest BCUT2D eigenvalue weighted by molar-refractivity contribution is 7.89. The van der Waals surface area contributed by atoms with Crippen molar-refractivity contribution < 1.29 is 17.9 Å². The van der Waals surface area contributed by atoms with E-state index in [1.165, 1.54) is 12.1 Å². The van der Waals surface area contributed by atoms with Gasteiger partial charge in [-0.05, 0) is 44.5 Å². The molecule has 0 bridgehead atoms. The number of nitrogens with one attached hydrogen (secondary N) is 1. The smallest absolute Gasteiger partial charge is 0.242 e. The number of rotatable bonds is 5. The molecule has 154 valence electrons. The van der Waals surface area contributed by atoms with Crippen molar-refractivity contribution in [2.75, 3.05) is 13.2 Å². The van der Waals surface area contributed by atoms with Gasteiger partial charge in [0.05, 0.1) is 11.6 Å². The number of benzene rings is 2. The van der Waals surface area contributed by atoms with E-state index in [0.717, 1.165) is 17.7 Å². The molecule has 0 spiro atoms. The summed E-state index contributed by atoms with van der Waals surface area (Å²) < 4.78 is 38.9. The Morgan fingerprint density at radius 2 is 1.97 bits per heavy atom. The molecule has 2 aromatic rings. The molecule has 2 aromatic carbocycles. The van der Waals surface area contributed by atoms with Crippen molar-refractivity contribution in [3.63, 3.8) is 0 Å². The average Bonchev–Trinajstić information content (AvgIpc) is 2.95. The van der Waals surface area contributed by atoms with E-state index in [2.05, 4.69) is 16.6 Å². The standard InChI is InChI=1S/C21H21Cl2NO4S/c1-14-11-19(17(23)12-16(14)22)29(25,26)24-9-4-5-10-27-18-8-6-7-15-13-21(2,3)28-20(15)18/h6-8,11-12,24H,9-10,13H2,1-3H3. The van der Waals surface area contributed by atoms with Crippen LogP contribution in [0.2, 0.25) is 10.0 Å². The minimum absolute atomic E-state index is 0.0290. The van der Waals surface area contributed by atoms with Gasteiger partial charge in [-0.25, -0.2) is 8.42 Å². The predicted octanol–water partition coefficient (Wildman–Crippen LogP) is 4.38. The molecule has 1 aliphatic rings. The Hall–Kier alpha value is -1.91. The summed E-state index contributed by atoms with van der Waals surface area (Å²) in [5.41, 5.74) is 1.47. The molecule has 5 nitrogen and oxygen atoms in total. The average molecular weight is 454 g/mol. The number of sulfonamides is 1. The third-order valence-corrected chi connectivity index (χ3v) is 6.61. The topological polar surface area (TPSA) is 64.6 Å². The van der Waals surface area contributed by atoms with Crippen LogP contribution in [-0.4, -0.2) is 27.2 Å². The molecule has 0 fully saturated rings. The second-order valence-corrected chi connectivity index (χ2v) is 9.83. The molecular formula is C21H21Cl2NO4S. The van der Waals surface area contributed by atoms with Crippen LogP contribution in [0.15, 0.2) is 35.2 Å². The van der Waals surface area contributed by atoms with Gasteiger partial charge in [-0.15, -0.1) is 0 Å². The molecule has 0 amide bonds. The molecule has 1 aliphatic heterocycles. The van der Waals surface area contributed by atoms with Gasteiger partial charge in [0.25, 0.3) is 0 Å². The Morgan fingerprint density at radius 1 is 1.21 bits per heavy atom. The summed E-state index contributed by atoms with van der Waals surface area (Å²) >= 11 is 12.0. The normalized spacial score (nSPS) is 14.5. The molecule has 0 saturated carbocycles. The first-order valence-corrected chi connectivity index (χ1v) is 11.2. The van der Waals surface area contributed by atoms with Crippen molar-refractivity contribution in [1.29, 1.82) is 0 Å². The summed E-state index contributed by atoms with van der Waals surface area (Å²) in [5.74, 6) is 6.91. The monoisotopic (exact) mass is 453 g/mol. The lowest BCUT2D eigenvalue weighted by Crippen LogP contribution is -2.24. The van der Waals surface area contributed by atoms with E-state index < -0.39 is 10.0 Å². The Bertz CT molecular complexity index is 1100. The second-order valence-electron chi connectivity index (χ2n) is 7.28. The Labute approximate surface area is 181 Å². The lowest BCUT2D eigenvalue weighted by molar-refractivity contribution is 0.133. The molecular weight excluding hydrogens is 433 g/mol. The van der Waals surface area contributed by atoms with Gasteiger partial charge in [0.1, 0.15) is 17.1 Å². The van der Waals surface area contributed by atoms with Crippen molar-refractivity contribution in [1.82, 2.24) is 4.72 Å². The van der Waals surface area contributed by atoms with Crippen LogP contribution in [0, 0.1) is 18.8 Å². The van der Waals surface area contributed by atoms with Crippen molar-refractivity contribution in [3.05, 3.63) is 51.5 Å². The molecule has 0 aliphatic carbocycles. The summed E-state index contributed by atoms with van der Waals surface area (Å²) in [5, 5.41) is 0.468. The van der Waals surface area contributed by atoms with Gasteiger partial charge in [-0.3, -0.25) is 0 Å². The Balaban J connectivity index is 1.57. The van der Waals surface area contributed by atoms with Crippen LogP contribution in [0.25, 0.3) is 0 Å². The van der Waals surface area contributed by atoms with Crippen molar-refractivity contribution >= 4 is 33.2 Å². The van der Waals surface area contributed by atoms with Crippen LogP contribution < -0.4 is 14.2 Å². The minimum Gasteiger partial charge on any atom is -0.483 e. The van der Waals surface area contributed by atoms with Gasteiger partial charge in [0.2, 0.25) is 10.0 Å². The zero-order valence-corrected chi connectivity index (χ0v) is 18.6. The van der Waals surface area contributed by atoms with Gasteiger partial charge in [-0.2, -0.15) is 4.72 Å². The molecule has 3 rings (SSSR count). The van der Waals surface area contributed by atoms with Gasteiger partial charge >= 0.3 is 0 Å². The number of aryl methyl sites for hydroxylation is 1. The number of hydrogen-bond donors (Lipinski definition) is 1. The second kappa shape index (κ2) is 8.45. The maximum Gasteiger partial charge on any atom is 0.242 e. The first kappa shape index (κ1) is 21.8. The van der Waals surface area contributed by atoms with Gasteiger partial charge in [-0.1, -0.05) is 47.2 Å². The first-order valence-electron chi connectivity index (χ1n) is 8.94. The highest BCUT2D eigenvalue weighted by atomic mass is 35.5. The molecule has 0 saturated heterocycles. The highest BCUT2D eigenvalue weighted by Gasteiger charge is 2.32. The largest absolute Gasteiger partial charge is 0.483 e. The summed E-state index contributed by atoms with van der Waals surface area (Å²) in [6.45, 7) is 5.80. The fourth-order valence-corrected chi connectivity index (χ4v) is 4.73. The lowest BCUT2D eigenvalue weighted by Gasteiger charge is -2.17. The summed E-state index contributed by atoms with van der Waals surface area (Å²) in [7, 11) is -3.79. The van der Waals surface area contributed by atoms with Crippen molar-refractivity contribution in [2.45, 2.75) is 37.7 Å². The summed E-state index contributed by atoms with van der Waals surface area (Å²) in [4.78, 5) is -0.0290. The fourth-order valence-electron chi connectivity index (χ4n) is 2.97. The maximum atomic E-state index is 12.4. The number of ether oxygens (including phenoxy) is 2. The fraction of sp³-hybridized carbons (Fsp3) is 0.333. The molecule has 1 heterocycles. The number of fused-ring (bicyclic) bond motifs is 1. The molecule has 0 atom stereocenters. The van der Waals surface area contributed by atoms with E-state index >= 15 is 0 Å². The zero-order chi connectivity index (χ0) is 21.2. The van der Waals surface area contributed by atoms with Crippen LogP contribution in [0.1, 0.15) is 25.0 Å². The summed E-state index contributed by atoms with van der Waals surface area (Å²) in [6.07, 6.45) is 0.819. The van der Waals surface area contributed by atoms with Gasteiger partial charge in [0, 0.05) is 17.0 Å². The number of halogens is 2. The SMILES string of the molecule is Cc1cc(S(=O)(=O)NCC#CCOc2cccc3c2OC(C)(C)C3)c(Cl)cc1Cl. The van der Waals surface area contributed by atoms with Crippen molar-refractivity contribution in [2.24, 2.45) is 0 Å². The lowest BCUT2D eigenvalue weighted by atomic mass is 10.0. The maximum absolute atomic E-state index is 12.4. The Morgan fingerprint density at radius 3 is 2.72 bits per heavy atom. The molecule has 0 unspecified atom stereocenters. The zero-order valence-electron chi connectivity index (χ0n) is 16.3. The summed E-state index contributed by atoms with van der Waals surface area (Å²) in [6, 6.07) is 8.60. The highest BCUT2D eigenvalue weighted by Crippen LogP contribution is 2.41. The molecule has 8 heteroatoms.